The van der Waals surface area contributed by atoms with Crippen LogP contribution < -0.4 is 9.80 Å². The van der Waals surface area contributed by atoms with Crippen molar-refractivity contribution in [3.05, 3.63) is 34.9 Å². The van der Waals surface area contributed by atoms with Crippen molar-refractivity contribution in [2.75, 3.05) is 22.9 Å². The van der Waals surface area contributed by atoms with Crippen LogP contribution in [0.15, 0.2) is 18.3 Å². The summed E-state index contributed by atoms with van der Waals surface area (Å²) in [6.45, 7) is 20.6. The molecule has 0 spiro atoms. The number of pyridine rings is 1. The Morgan fingerprint density at radius 2 is 1.81 bits per heavy atom. The predicted octanol–water partition coefficient (Wildman–Crippen LogP) is 5.62. The van der Waals surface area contributed by atoms with Crippen LogP contribution in [0.1, 0.15) is 59.9 Å². The number of hydrogen-bond acceptors (Lipinski definition) is 7. The molecule has 2 atom stereocenters. The fraction of sp³-hybridized carbons (Fsp3) is 0.615. The van der Waals surface area contributed by atoms with Gasteiger partial charge < -0.3 is 14.1 Å². The van der Waals surface area contributed by atoms with Crippen molar-refractivity contribution in [2.45, 2.75) is 90.8 Å². The number of aromatic nitrogens is 3. The van der Waals surface area contributed by atoms with Crippen molar-refractivity contribution in [1.29, 1.82) is 0 Å². The fourth-order valence-corrected chi connectivity index (χ4v) is 5.82. The number of ether oxygens (including phenoxy) is 1. The molecule has 0 saturated carbocycles. The van der Waals surface area contributed by atoms with Crippen molar-refractivity contribution >= 4 is 43.1 Å². The molecule has 0 N–H and O–H groups in total. The van der Waals surface area contributed by atoms with Crippen molar-refractivity contribution < 1.29 is 14.0 Å². The lowest BCUT2D eigenvalue weighted by Gasteiger charge is -2.36. The molecule has 10 heteroatoms. The van der Waals surface area contributed by atoms with Crippen molar-refractivity contribution in [2.24, 2.45) is 0 Å². The molecule has 0 radical (unpaired) electrons. The smallest absolute Gasteiger partial charge is 0.243 e. The quantitative estimate of drug-likeness (QED) is 0.366. The molecule has 2 aliphatic heterocycles. The van der Waals surface area contributed by atoms with Crippen molar-refractivity contribution in [1.82, 2.24) is 15.0 Å². The zero-order valence-corrected chi connectivity index (χ0v) is 24.6. The van der Waals surface area contributed by atoms with Gasteiger partial charge in [0.2, 0.25) is 5.91 Å². The van der Waals surface area contributed by atoms with E-state index in [0.717, 1.165) is 18.9 Å². The van der Waals surface area contributed by atoms with E-state index in [1.165, 1.54) is 0 Å². The van der Waals surface area contributed by atoms with Gasteiger partial charge in [-0.05, 0) is 58.0 Å². The lowest BCUT2D eigenvalue weighted by atomic mass is 9.88. The topological polar surface area (TPSA) is 80.7 Å². The maximum Gasteiger partial charge on any atom is 0.243 e. The molecule has 2 aromatic rings. The van der Waals surface area contributed by atoms with Gasteiger partial charge in [-0.2, -0.15) is 0 Å². The summed E-state index contributed by atoms with van der Waals surface area (Å²) in [5.74, 6) is 1.72. The highest BCUT2D eigenvalue weighted by Crippen LogP contribution is 2.47. The molecule has 2 aliphatic rings. The molecule has 36 heavy (non-hydrogen) atoms. The lowest BCUT2D eigenvalue weighted by molar-refractivity contribution is -0.121. The normalized spacial score (nSPS) is 22.2. The number of hydrogen-bond donors (Lipinski definition) is 0. The zero-order valence-electron chi connectivity index (χ0n) is 22.8. The maximum atomic E-state index is 13.6. The van der Waals surface area contributed by atoms with E-state index in [4.69, 9.17) is 30.7 Å². The summed E-state index contributed by atoms with van der Waals surface area (Å²) in [6, 6.07) is 3.86. The average Bonchev–Trinajstić information content (AvgIpc) is 2.96. The number of amides is 1. The second-order valence-electron chi connectivity index (χ2n) is 12.0. The van der Waals surface area contributed by atoms with Gasteiger partial charge in [-0.15, -0.1) is 0 Å². The number of carbonyl (C=O) groups excluding carboxylic acids is 1. The third-order valence-electron chi connectivity index (χ3n) is 7.57. The van der Waals surface area contributed by atoms with Crippen LogP contribution in [0, 0.1) is 0 Å². The first-order chi connectivity index (χ1) is 16.6. The summed E-state index contributed by atoms with van der Waals surface area (Å²) < 4.78 is 12.2. The first-order valence-corrected chi connectivity index (χ1v) is 15.8. The Kier molecular flexibility index (Phi) is 7.00. The minimum atomic E-state index is -2.01. The highest BCUT2D eigenvalue weighted by atomic mass is 35.5. The molecule has 196 valence electrons. The molecule has 1 fully saturated rings. The van der Waals surface area contributed by atoms with E-state index in [9.17, 15) is 4.79 Å². The molecule has 0 unspecified atom stereocenters. The monoisotopic (exact) mass is 531 g/mol. The summed E-state index contributed by atoms with van der Waals surface area (Å²) in [5, 5.41) is 0.344. The van der Waals surface area contributed by atoms with Gasteiger partial charge in [-0.25, -0.2) is 15.0 Å². The van der Waals surface area contributed by atoms with E-state index in [1.807, 2.05) is 26.0 Å². The fourth-order valence-electron chi connectivity index (χ4n) is 4.47. The Morgan fingerprint density at radius 1 is 1.17 bits per heavy atom. The standard InChI is InChI=1S/C26H38ClN5O3Si/c1-16-13-31(14-17(2)35-16)20-11-10-18(12-28-20)32-23-21(26(6,7)24(32)33)22(27)29-19(30-23)15-34-36(8,9)25(3,4)5/h10-12,16-17H,13-15H2,1-9H3/t16-,17+. The van der Waals surface area contributed by atoms with Crippen LogP contribution in [0.2, 0.25) is 23.3 Å². The minimum absolute atomic E-state index is 0.0565. The first-order valence-electron chi connectivity index (χ1n) is 12.5. The molecule has 0 bridgehead atoms. The first kappa shape index (κ1) is 27.0. The molecule has 8 nitrogen and oxygen atoms in total. The predicted molar refractivity (Wildman–Crippen MR) is 146 cm³/mol. The minimum Gasteiger partial charge on any atom is -0.409 e. The SMILES string of the molecule is C[C@@H]1CN(c2ccc(N3C(=O)C(C)(C)c4c(Cl)nc(CO[Si](C)(C)C(C)(C)C)nc43)cn2)C[C@H](C)O1. The Bertz CT molecular complexity index is 1140. The summed E-state index contributed by atoms with van der Waals surface area (Å²) in [5.41, 5.74) is 0.417. The molecule has 4 rings (SSSR count). The van der Waals surface area contributed by atoms with Gasteiger partial charge in [-0.1, -0.05) is 32.4 Å². The number of fused-ring (bicyclic) bond motifs is 1. The summed E-state index contributed by atoms with van der Waals surface area (Å²) in [7, 11) is -2.01. The number of carbonyl (C=O) groups is 1. The highest BCUT2D eigenvalue weighted by Gasteiger charge is 2.48. The second-order valence-corrected chi connectivity index (χ2v) is 17.1. The van der Waals surface area contributed by atoms with Gasteiger partial charge in [0.05, 0.1) is 36.1 Å². The number of nitrogens with zero attached hydrogens (tertiary/aromatic N) is 5. The van der Waals surface area contributed by atoms with Crippen LogP contribution in [0.25, 0.3) is 0 Å². The molecule has 4 heterocycles. The Labute approximate surface area is 220 Å². The van der Waals surface area contributed by atoms with Crippen LogP contribution in [0.4, 0.5) is 17.3 Å². The Morgan fingerprint density at radius 3 is 2.36 bits per heavy atom. The molecule has 1 amide bonds. The summed E-state index contributed by atoms with van der Waals surface area (Å²) >= 11 is 6.66. The van der Waals surface area contributed by atoms with Gasteiger partial charge in [0.25, 0.3) is 0 Å². The largest absolute Gasteiger partial charge is 0.409 e. The third-order valence-corrected chi connectivity index (χ3v) is 12.3. The number of anilines is 3. The van der Waals surface area contributed by atoms with E-state index >= 15 is 0 Å². The van der Waals surface area contributed by atoms with Crippen LogP contribution >= 0.6 is 11.6 Å². The molecular formula is C26H38ClN5O3Si. The van der Waals surface area contributed by atoms with E-state index in [2.05, 4.69) is 57.6 Å². The van der Waals surface area contributed by atoms with Gasteiger partial charge in [0, 0.05) is 18.7 Å². The third kappa shape index (κ3) is 4.90. The van der Waals surface area contributed by atoms with Gasteiger partial charge in [0.15, 0.2) is 14.1 Å². The molecule has 0 aromatic carbocycles. The van der Waals surface area contributed by atoms with Crippen LogP contribution in [0.3, 0.4) is 0 Å². The molecule has 2 aromatic heterocycles. The number of rotatable bonds is 5. The van der Waals surface area contributed by atoms with E-state index < -0.39 is 13.7 Å². The maximum absolute atomic E-state index is 13.6. The van der Waals surface area contributed by atoms with E-state index in [-0.39, 0.29) is 34.9 Å². The van der Waals surface area contributed by atoms with E-state index in [0.29, 0.717) is 22.9 Å². The number of morpholine rings is 1. The Balaban J connectivity index is 1.66. The van der Waals surface area contributed by atoms with Gasteiger partial charge >= 0.3 is 0 Å². The molecular weight excluding hydrogens is 494 g/mol. The number of halogens is 1. The molecule has 1 saturated heterocycles. The summed E-state index contributed by atoms with van der Waals surface area (Å²) in [4.78, 5) is 31.4. The van der Waals surface area contributed by atoms with E-state index in [1.54, 1.807) is 11.1 Å². The highest BCUT2D eigenvalue weighted by molar-refractivity contribution is 6.74. The average molecular weight is 532 g/mol. The van der Waals surface area contributed by atoms with Crippen LogP contribution in [-0.2, 0) is 26.0 Å². The van der Waals surface area contributed by atoms with Crippen LogP contribution in [-0.4, -0.2) is 54.5 Å². The van der Waals surface area contributed by atoms with Gasteiger partial charge in [-0.3, -0.25) is 9.69 Å². The summed E-state index contributed by atoms with van der Waals surface area (Å²) in [6.07, 6.45) is 1.99. The van der Waals surface area contributed by atoms with Crippen molar-refractivity contribution in [3.8, 4) is 0 Å². The molecule has 0 aliphatic carbocycles. The van der Waals surface area contributed by atoms with Crippen LogP contribution in [0.5, 0.6) is 0 Å². The second kappa shape index (κ2) is 9.35. The van der Waals surface area contributed by atoms with Crippen molar-refractivity contribution in [3.63, 3.8) is 0 Å². The Hall–Kier alpha value is -2.07. The van der Waals surface area contributed by atoms with Gasteiger partial charge in [0.1, 0.15) is 16.8 Å². The zero-order chi connectivity index (χ0) is 26.6. The lowest BCUT2D eigenvalue weighted by Crippen LogP contribution is -2.45.